The Morgan fingerprint density at radius 3 is 3.00 bits per heavy atom. The minimum atomic E-state index is 0.138. The average Bonchev–Trinajstić information content (AvgIpc) is 2.89. The van der Waals surface area contributed by atoms with E-state index in [0.717, 1.165) is 22.0 Å². The summed E-state index contributed by atoms with van der Waals surface area (Å²) in [5, 5.41) is 4.09. The number of hydrogen-bond donors (Lipinski definition) is 1. The maximum Gasteiger partial charge on any atom is 0.220 e. The molecular formula is C15H20N2OS2. The van der Waals surface area contributed by atoms with Crippen LogP contribution < -0.4 is 5.32 Å². The van der Waals surface area contributed by atoms with Crippen molar-refractivity contribution in [3.63, 3.8) is 0 Å². The monoisotopic (exact) mass is 308 g/mol. The van der Waals surface area contributed by atoms with E-state index in [-0.39, 0.29) is 11.8 Å². The normalized spacial score (nSPS) is 12.5. The van der Waals surface area contributed by atoms with Crippen molar-refractivity contribution in [1.29, 1.82) is 0 Å². The molecule has 20 heavy (non-hydrogen) atoms. The Labute approximate surface area is 128 Å². The first-order valence-corrected chi connectivity index (χ1v) is 8.87. The number of rotatable bonds is 7. The molecule has 0 aliphatic carbocycles. The predicted octanol–water partition coefficient (Wildman–Crippen LogP) is 3.66. The number of nitrogens with zero attached hydrogens (tertiary/aromatic N) is 1. The van der Waals surface area contributed by atoms with Gasteiger partial charge in [-0.25, -0.2) is 4.98 Å². The second-order valence-corrected chi connectivity index (χ2v) is 7.13. The van der Waals surface area contributed by atoms with Crippen LogP contribution in [0.2, 0.25) is 0 Å². The Morgan fingerprint density at radius 2 is 2.25 bits per heavy atom. The van der Waals surface area contributed by atoms with Gasteiger partial charge in [-0.3, -0.25) is 4.79 Å². The fourth-order valence-corrected chi connectivity index (χ4v) is 3.49. The second kappa shape index (κ2) is 7.64. The molecule has 0 bridgehead atoms. The number of aromatic nitrogens is 1. The van der Waals surface area contributed by atoms with E-state index in [1.54, 1.807) is 23.1 Å². The van der Waals surface area contributed by atoms with Crippen LogP contribution in [0.15, 0.2) is 24.3 Å². The zero-order valence-electron chi connectivity index (χ0n) is 11.9. The largest absolute Gasteiger partial charge is 0.355 e. The van der Waals surface area contributed by atoms with Crippen LogP contribution in [-0.2, 0) is 4.79 Å². The molecule has 0 saturated heterocycles. The number of thioether (sulfide) groups is 1. The molecule has 2 aromatic rings. The third-order valence-electron chi connectivity index (χ3n) is 3.02. The van der Waals surface area contributed by atoms with Crippen LogP contribution in [0.1, 0.15) is 31.2 Å². The summed E-state index contributed by atoms with van der Waals surface area (Å²) in [7, 11) is 0. The van der Waals surface area contributed by atoms with Gasteiger partial charge in [-0.15, -0.1) is 11.3 Å². The molecule has 0 spiro atoms. The number of nitrogens with one attached hydrogen (secondary N) is 1. The Morgan fingerprint density at radius 1 is 1.45 bits per heavy atom. The van der Waals surface area contributed by atoms with Gasteiger partial charge < -0.3 is 5.32 Å². The number of carbonyl (C=O) groups is 1. The van der Waals surface area contributed by atoms with Crippen molar-refractivity contribution < 1.29 is 4.79 Å². The van der Waals surface area contributed by atoms with E-state index in [1.165, 1.54) is 4.70 Å². The average molecular weight is 308 g/mol. The van der Waals surface area contributed by atoms with E-state index >= 15 is 0 Å². The van der Waals surface area contributed by atoms with E-state index < -0.39 is 0 Å². The molecule has 0 aliphatic rings. The van der Waals surface area contributed by atoms with Crippen LogP contribution in [0, 0.1) is 0 Å². The molecule has 0 aliphatic heterocycles. The zero-order valence-corrected chi connectivity index (χ0v) is 13.5. The van der Waals surface area contributed by atoms with Crippen LogP contribution >= 0.6 is 23.1 Å². The summed E-state index contributed by atoms with van der Waals surface area (Å²) in [6, 6.07) is 8.15. The van der Waals surface area contributed by atoms with E-state index in [1.807, 2.05) is 18.2 Å². The first kappa shape index (κ1) is 15.3. The van der Waals surface area contributed by atoms with Gasteiger partial charge >= 0.3 is 0 Å². The standard InChI is InChI=1S/C15H20N2OS2/c1-3-19-9-8-14(18)16-10-11(2)15-17-12-6-4-5-7-13(12)20-15/h4-7,11H,3,8-10H2,1-2H3,(H,16,18). The highest BCUT2D eigenvalue weighted by Crippen LogP contribution is 2.26. The predicted molar refractivity (Wildman–Crippen MR) is 88.7 cm³/mol. The van der Waals surface area contributed by atoms with Crippen molar-refractivity contribution >= 4 is 39.2 Å². The number of hydrogen-bond acceptors (Lipinski definition) is 4. The van der Waals surface area contributed by atoms with Gasteiger partial charge in [0.1, 0.15) is 0 Å². The van der Waals surface area contributed by atoms with Gasteiger partial charge in [0.15, 0.2) is 0 Å². The lowest BCUT2D eigenvalue weighted by molar-refractivity contribution is -0.120. The van der Waals surface area contributed by atoms with Gasteiger partial charge in [0.2, 0.25) is 5.91 Å². The van der Waals surface area contributed by atoms with Crippen LogP contribution in [0.5, 0.6) is 0 Å². The number of carbonyl (C=O) groups excluding carboxylic acids is 1. The summed E-state index contributed by atoms with van der Waals surface area (Å²) in [6.45, 7) is 4.88. The number of benzene rings is 1. The summed E-state index contributed by atoms with van der Waals surface area (Å²) >= 11 is 3.51. The van der Waals surface area contributed by atoms with Gasteiger partial charge in [0.25, 0.3) is 0 Å². The van der Waals surface area contributed by atoms with Crippen molar-refractivity contribution in [2.75, 3.05) is 18.1 Å². The summed E-state index contributed by atoms with van der Waals surface area (Å²) in [5.41, 5.74) is 1.05. The summed E-state index contributed by atoms with van der Waals surface area (Å²) in [4.78, 5) is 16.3. The number of amides is 1. The molecule has 1 atom stereocenters. The second-order valence-electron chi connectivity index (χ2n) is 4.67. The van der Waals surface area contributed by atoms with Gasteiger partial charge in [-0.2, -0.15) is 11.8 Å². The first-order chi connectivity index (χ1) is 9.70. The van der Waals surface area contributed by atoms with Crippen LogP contribution in [0.3, 0.4) is 0 Å². The fraction of sp³-hybridized carbons (Fsp3) is 0.467. The Balaban J connectivity index is 1.85. The third-order valence-corrected chi connectivity index (χ3v) is 5.18. The Bertz CT molecular complexity index is 535. The molecule has 0 fully saturated rings. The van der Waals surface area contributed by atoms with Gasteiger partial charge in [-0.1, -0.05) is 26.0 Å². The molecule has 5 heteroatoms. The number of fused-ring (bicyclic) bond motifs is 1. The van der Waals surface area contributed by atoms with Crippen LogP contribution in [0.25, 0.3) is 10.2 Å². The molecule has 108 valence electrons. The highest BCUT2D eigenvalue weighted by molar-refractivity contribution is 7.99. The highest BCUT2D eigenvalue weighted by atomic mass is 32.2. The topological polar surface area (TPSA) is 42.0 Å². The van der Waals surface area contributed by atoms with Crippen molar-refractivity contribution in [3.05, 3.63) is 29.3 Å². The molecule has 1 aromatic heterocycles. The molecule has 0 radical (unpaired) electrons. The quantitative estimate of drug-likeness (QED) is 0.794. The Kier molecular flexibility index (Phi) is 5.86. The lowest BCUT2D eigenvalue weighted by atomic mass is 10.2. The highest BCUT2D eigenvalue weighted by Gasteiger charge is 2.12. The molecule has 1 heterocycles. The molecule has 2 rings (SSSR count). The molecule has 1 N–H and O–H groups in total. The summed E-state index contributed by atoms with van der Waals surface area (Å²) in [5.74, 6) is 2.36. The molecule has 0 saturated carbocycles. The zero-order chi connectivity index (χ0) is 14.4. The molecule has 1 amide bonds. The van der Waals surface area contributed by atoms with Gasteiger partial charge in [0.05, 0.1) is 15.2 Å². The minimum absolute atomic E-state index is 0.138. The lowest BCUT2D eigenvalue weighted by Crippen LogP contribution is -2.27. The molecular weight excluding hydrogens is 288 g/mol. The summed E-state index contributed by atoms with van der Waals surface area (Å²) < 4.78 is 1.21. The number of para-hydroxylation sites is 1. The van der Waals surface area contributed by atoms with E-state index in [4.69, 9.17) is 0 Å². The lowest BCUT2D eigenvalue weighted by Gasteiger charge is -2.09. The van der Waals surface area contributed by atoms with Crippen molar-refractivity contribution in [3.8, 4) is 0 Å². The number of thiazole rings is 1. The maximum absolute atomic E-state index is 11.7. The van der Waals surface area contributed by atoms with Crippen LogP contribution in [-0.4, -0.2) is 28.9 Å². The smallest absolute Gasteiger partial charge is 0.220 e. The molecule has 1 aromatic carbocycles. The van der Waals surface area contributed by atoms with Crippen molar-refractivity contribution in [2.45, 2.75) is 26.2 Å². The van der Waals surface area contributed by atoms with E-state index in [2.05, 4.69) is 30.2 Å². The Hall–Kier alpha value is -1.07. The maximum atomic E-state index is 11.7. The van der Waals surface area contributed by atoms with Gasteiger partial charge in [-0.05, 0) is 17.9 Å². The molecule has 3 nitrogen and oxygen atoms in total. The van der Waals surface area contributed by atoms with E-state index in [0.29, 0.717) is 13.0 Å². The fourth-order valence-electron chi connectivity index (χ4n) is 1.85. The first-order valence-electron chi connectivity index (χ1n) is 6.90. The SMILES string of the molecule is CCSCCC(=O)NCC(C)c1nc2ccccc2s1. The van der Waals surface area contributed by atoms with Crippen molar-refractivity contribution in [1.82, 2.24) is 10.3 Å². The van der Waals surface area contributed by atoms with Crippen LogP contribution in [0.4, 0.5) is 0 Å². The van der Waals surface area contributed by atoms with Crippen molar-refractivity contribution in [2.24, 2.45) is 0 Å². The summed E-state index contributed by atoms with van der Waals surface area (Å²) in [6.07, 6.45) is 0.602. The van der Waals surface area contributed by atoms with E-state index in [9.17, 15) is 4.79 Å². The van der Waals surface area contributed by atoms with Gasteiger partial charge in [0, 0.05) is 24.6 Å². The third kappa shape index (κ3) is 4.21. The molecule has 1 unspecified atom stereocenters. The minimum Gasteiger partial charge on any atom is -0.355 e.